The molecule has 8 heteroatoms. The van der Waals surface area contributed by atoms with Crippen LogP contribution in [-0.2, 0) is 14.8 Å². The minimum Gasteiger partial charge on any atom is -0.320 e. The first kappa shape index (κ1) is 20.0. The Morgan fingerprint density at radius 2 is 1.58 bits per heavy atom. The van der Waals surface area contributed by atoms with Crippen LogP contribution in [0.25, 0.3) is 0 Å². The molecule has 5 nitrogen and oxygen atoms in total. The molecule has 0 heterocycles. The molecule has 1 amide bonds. The van der Waals surface area contributed by atoms with Crippen LogP contribution in [0.3, 0.4) is 0 Å². The Morgan fingerprint density at radius 3 is 2.08 bits per heavy atom. The van der Waals surface area contributed by atoms with Crippen LogP contribution in [0.5, 0.6) is 0 Å². The molecule has 0 aliphatic rings. The van der Waals surface area contributed by atoms with Gasteiger partial charge in [-0.25, -0.2) is 17.2 Å². The smallest absolute Gasteiger partial charge is 0.243 e. The van der Waals surface area contributed by atoms with Crippen molar-refractivity contribution in [2.24, 2.45) is 0 Å². The maximum absolute atomic E-state index is 13.6. The molecule has 140 valence electrons. The van der Waals surface area contributed by atoms with Gasteiger partial charge in [-0.2, -0.15) is 4.31 Å². The van der Waals surface area contributed by atoms with Crippen molar-refractivity contribution in [2.75, 3.05) is 18.9 Å². The first-order chi connectivity index (χ1) is 12.0. The highest BCUT2D eigenvalue weighted by molar-refractivity contribution is 7.89. The quantitative estimate of drug-likeness (QED) is 0.864. The van der Waals surface area contributed by atoms with Crippen LogP contribution in [0.4, 0.5) is 14.5 Å². The van der Waals surface area contributed by atoms with Crippen LogP contribution < -0.4 is 5.32 Å². The van der Waals surface area contributed by atoms with Crippen LogP contribution in [0.1, 0.15) is 16.7 Å². The summed E-state index contributed by atoms with van der Waals surface area (Å²) in [4.78, 5) is 12.2. The summed E-state index contributed by atoms with van der Waals surface area (Å²) in [7, 11) is -2.70. The van der Waals surface area contributed by atoms with Crippen molar-refractivity contribution >= 4 is 21.6 Å². The Balaban J connectivity index is 2.24. The van der Waals surface area contributed by atoms with Crippen molar-refractivity contribution in [1.82, 2.24) is 4.31 Å². The second-order valence-electron chi connectivity index (χ2n) is 6.13. The third-order valence-electron chi connectivity index (χ3n) is 3.87. The second-order valence-corrected chi connectivity index (χ2v) is 8.12. The van der Waals surface area contributed by atoms with E-state index in [0.29, 0.717) is 11.1 Å². The van der Waals surface area contributed by atoms with Crippen molar-refractivity contribution in [3.63, 3.8) is 0 Å². The van der Waals surface area contributed by atoms with Crippen molar-refractivity contribution in [2.45, 2.75) is 25.7 Å². The summed E-state index contributed by atoms with van der Waals surface area (Å²) in [5.41, 5.74) is 1.45. The zero-order chi connectivity index (χ0) is 19.6. The van der Waals surface area contributed by atoms with Gasteiger partial charge in [0.15, 0.2) is 0 Å². The van der Waals surface area contributed by atoms with E-state index in [1.165, 1.54) is 13.1 Å². The van der Waals surface area contributed by atoms with Crippen molar-refractivity contribution in [3.8, 4) is 0 Å². The van der Waals surface area contributed by atoms with E-state index in [2.05, 4.69) is 5.32 Å². The van der Waals surface area contributed by atoms with Gasteiger partial charge < -0.3 is 5.32 Å². The molecule has 0 aliphatic heterocycles. The molecular formula is C18H20F2N2O3S. The van der Waals surface area contributed by atoms with Crippen LogP contribution in [0, 0.1) is 32.4 Å². The van der Waals surface area contributed by atoms with Crippen LogP contribution >= 0.6 is 0 Å². The molecule has 0 unspecified atom stereocenters. The summed E-state index contributed by atoms with van der Waals surface area (Å²) in [6.45, 7) is 4.63. The van der Waals surface area contributed by atoms with Gasteiger partial charge >= 0.3 is 0 Å². The van der Waals surface area contributed by atoms with Gasteiger partial charge in [0, 0.05) is 7.05 Å². The number of para-hydroxylation sites is 1. The van der Waals surface area contributed by atoms with Gasteiger partial charge in [0.1, 0.15) is 17.3 Å². The summed E-state index contributed by atoms with van der Waals surface area (Å²) in [6, 6.07) is 6.64. The van der Waals surface area contributed by atoms with E-state index in [1.54, 1.807) is 26.0 Å². The molecule has 0 spiro atoms. The van der Waals surface area contributed by atoms with Crippen molar-refractivity contribution < 1.29 is 22.0 Å². The summed E-state index contributed by atoms with van der Waals surface area (Å²) in [5, 5.41) is 2.08. The fourth-order valence-electron chi connectivity index (χ4n) is 2.81. The Labute approximate surface area is 151 Å². The number of hydrogen-bond donors (Lipinski definition) is 1. The molecule has 0 atom stereocenters. The number of nitrogens with zero attached hydrogens (tertiary/aromatic N) is 1. The summed E-state index contributed by atoms with van der Waals surface area (Å²) >= 11 is 0. The predicted octanol–water partition coefficient (Wildman–Crippen LogP) is 3.15. The van der Waals surface area contributed by atoms with E-state index in [9.17, 15) is 22.0 Å². The predicted molar refractivity (Wildman–Crippen MR) is 95.5 cm³/mol. The lowest BCUT2D eigenvalue weighted by atomic mass is 10.1. The first-order valence-corrected chi connectivity index (χ1v) is 9.26. The number of likely N-dealkylation sites (N-methyl/N-ethyl adjacent to an activating group) is 1. The summed E-state index contributed by atoms with van der Waals surface area (Å²) in [6.07, 6.45) is 0. The average molecular weight is 382 g/mol. The van der Waals surface area contributed by atoms with Gasteiger partial charge in [-0.15, -0.1) is 0 Å². The molecule has 2 aromatic carbocycles. The topological polar surface area (TPSA) is 66.5 Å². The van der Waals surface area contributed by atoms with Gasteiger partial charge in [0.05, 0.1) is 11.4 Å². The maximum atomic E-state index is 13.6. The van der Waals surface area contributed by atoms with Gasteiger partial charge in [-0.3, -0.25) is 4.79 Å². The van der Waals surface area contributed by atoms with Gasteiger partial charge in [-0.05, 0) is 44.0 Å². The number of halogens is 2. The maximum Gasteiger partial charge on any atom is 0.243 e. The van der Waals surface area contributed by atoms with E-state index in [-0.39, 0.29) is 4.90 Å². The molecule has 26 heavy (non-hydrogen) atoms. The molecule has 2 rings (SSSR count). The lowest BCUT2D eigenvalue weighted by Gasteiger charge is -2.20. The number of aryl methyl sites for hydroxylation is 3. The van der Waals surface area contributed by atoms with Crippen molar-refractivity contribution in [3.05, 3.63) is 58.7 Å². The molecule has 0 radical (unpaired) electrons. The molecule has 0 aliphatic carbocycles. The SMILES string of the molecule is Cc1cc(C)c(S(=O)(=O)N(C)CC(=O)Nc2c(F)cccc2F)c(C)c1. The van der Waals surface area contributed by atoms with Gasteiger partial charge in [-0.1, -0.05) is 23.8 Å². The third kappa shape index (κ3) is 4.08. The average Bonchev–Trinajstić information content (AvgIpc) is 2.49. The van der Waals surface area contributed by atoms with Crippen molar-refractivity contribution in [1.29, 1.82) is 0 Å². The lowest BCUT2D eigenvalue weighted by molar-refractivity contribution is -0.116. The molecule has 2 aromatic rings. The number of carbonyl (C=O) groups excluding carboxylic acids is 1. The Hall–Kier alpha value is -2.32. The summed E-state index contributed by atoms with van der Waals surface area (Å²) < 4.78 is 53.7. The van der Waals surface area contributed by atoms with E-state index >= 15 is 0 Å². The number of carbonyl (C=O) groups is 1. The minimum atomic E-state index is -3.94. The monoisotopic (exact) mass is 382 g/mol. The molecule has 1 N–H and O–H groups in total. The zero-order valence-electron chi connectivity index (χ0n) is 14.9. The number of anilines is 1. The van der Waals surface area contributed by atoms with Gasteiger partial charge in [0.25, 0.3) is 0 Å². The normalized spacial score (nSPS) is 11.7. The fraction of sp³-hybridized carbons (Fsp3) is 0.278. The van der Waals surface area contributed by atoms with E-state index in [1.807, 2.05) is 6.92 Å². The zero-order valence-corrected chi connectivity index (χ0v) is 15.7. The van der Waals surface area contributed by atoms with Crippen LogP contribution in [0.15, 0.2) is 35.2 Å². The van der Waals surface area contributed by atoms with E-state index in [0.717, 1.165) is 22.0 Å². The standard InChI is InChI=1S/C18H20F2N2O3S/c1-11-8-12(2)18(13(3)9-11)26(24,25)22(4)10-16(23)21-17-14(19)6-5-7-15(17)20/h5-9H,10H2,1-4H3,(H,21,23). The molecule has 0 aromatic heterocycles. The number of rotatable bonds is 5. The molecule has 0 fully saturated rings. The largest absolute Gasteiger partial charge is 0.320 e. The second kappa shape index (κ2) is 7.51. The number of sulfonamides is 1. The highest BCUT2D eigenvalue weighted by atomic mass is 32.2. The number of amides is 1. The van der Waals surface area contributed by atoms with Crippen LogP contribution in [0.2, 0.25) is 0 Å². The number of hydrogen-bond acceptors (Lipinski definition) is 3. The Morgan fingerprint density at radius 1 is 1.08 bits per heavy atom. The Kier molecular flexibility index (Phi) is 5.77. The molecular weight excluding hydrogens is 362 g/mol. The lowest BCUT2D eigenvalue weighted by Crippen LogP contribution is -2.35. The molecule has 0 saturated heterocycles. The fourth-order valence-corrected chi connectivity index (χ4v) is 4.34. The third-order valence-corrected chi connectivity index (χ3v) is 5.98. The van der Waals surface area contributed by atoms with E-state index in [4.69, 9.17) is 0 Å². The minimum absolute atomic E-state index is 0.121. The van der Waals surface area contributed by atoms with E-state index < -0.39 is 39.8 Å². The number of nitrogens with one attached hydrogen (secondary N) is 1. The Bertz CT molecular complexity index is 916. The first-order valence-electron chi connectivity index (χ1n) is 7.82. The van der Waals surface area contributed by atoms with Crippen LogP contribution in [-0.4, -0.2) is 32.2 Å². The molecule has 0 saturated carbocycles. The molecule has 0 bridgehead atoms. The number of benzene rings is 2. The highest BCUT2D eigenvalue weighted by Gasteiger charge is 2.27. The highest BCUT2D eigenvalue weighted by Crippen LogP contribution is 2.25. The summed E-state index contributed by atoms with van der Waals surface area (Å²) in [5.74, 6) is -2.72. The van der Waals surface area contributed by atoms with Gasteiger partial charge in [0.2, 0.25) is 15.9 Å².